The molecule has 2 heterocycles. The first-order valence-electron chi connectivity index (χ1n) is 6.98. The van der Waals surface area contributed by atoms with Crippen molar-refractivity contribution in [2.24, 2.45) is 0 Å². The molecule has 118 valence electrons. The predicted octanol–water partition coefficient (Wildman–Crippen LogP) is 5.53. The fourth-order valence-corrected chi connectivity index (χ4v) is 3.60. The number of aliphatic carboxylic acids is 1. The van der Waals surface area contributed by atoms with Gasteiger partial charge in [0.1, 0.15) is 0 Å². The number of aromatic nitrogens is 1. The fourth-order valence-electron chi connectivity index (χ4n) is 2.48. The number of thiophene rings is 1. The summed E-state index contributed by atoms with van der Waals surface area (Å²) in [4.78, 5) is 12.0. The summed E-state index contributed by atoms with van der Waals surface area (Å²) < 4.78 is 1.99. The van der Waals surface area contributed by atoms with E-state index in [1.807, 2.05) is 46.3 Å². The number of nitrogens with zero attached hydrogens (tertiary/aromatic N) is 1. The van der Waals surface area contributed by atoms with E-state index in [1.54, 1.807) is 17.4 Å². The number of halogens is 2. The summed E-state index contributed by atoms with van der Waals surface area (Å²) in [5.74, 6) is -0.826. The molecule has 0 bridgehead atoms. The summed E-state index contributed by atoms with van der Waals surface area (Å²) in [6.45, 7) is 0. The standard InChI is InChI=1S/C17H13Cl2NO2S/c18-12-3-1-4-14(17(12)19)20-11(7-9-16(21)22)6-8-13(20)15-5-2-10-23-15/h1-6,8,10H,7,9H2,(H,21,22). The lowest BCUT2D eigenvalue weighted by molar-refractivity contribution is -0.136. The molecule has 0 aliphatic carbocycles. The Bertz CT molecular complexity index is 840. The van der Waals surface area contributed by atoms with Gasteiger partial charge in [0.05, 0.1) is 32.7 Å². The quantitative estimate of drug-likeness (QED) is 0.645. The molecular weight excluding hydrogens is 353 g/mol. The molecule has 0 radical (unpaired) electrons. The van der Waals surface area contributed by atoms with Crippen LogP contribution in [0.25, 0.3) is 16.3 Å². The van der Waals surface area contributed by atoms with E-state index in [0.29, 0.717) is 16.5 Å². The van der Waals surface area contributed by atoms with Crippen LogP contribution < -0.4 is 0 Å². The first-order chi connectivity index (χ1) is 11.1. The molecule has 0 unspecified atom stereocenters. The van der Waals surface area contributed by atoms with Crippen molar-refractivity contribution in [1.82, 2.24) is 4.57 Å². The lowest BCUT2D eigenvalue weighted by Crippen LogP contribution is -2.05. The number of carbonyl (C=O) groups is 1. The first kappa shape index (κ1) is 16.1. The van der Waals surface area contributed by atoms with E-state index >= 15 is 0 Å². The molecule has 0 atom stereocenters. The minimum absolute atomic E-state index is 0.0616. The highest BCUT2D eigenvalue weighted by Gasteiger charge is 2.16. The Morgan fingerprint density at radius 2 is 1.96 bits per heavy atom. The lowest BCUT2D eigenvalue weighted by Gasteiger charge is -2.15. The fraction of sp³-hybridized carbons (Fsp3) is 0.118. The SMILES string of the molecule is O=C(O)CCc1ccc(-c2cccs2)n1-c1cccc(Cl)c1Cl. The molecule has 0 amide bonds. The van der Waals surface area contributed by atoms with Crippen LogP contribution in [0.1, 0.15) is 12.1 Å². The van der Waals surface area contributed by atoms with Gasteiger partial charge in [0.15, 0.2) is 0 Å². The maximum Gasteiger partial charge on any atom is 0.303 e. The molecule has 6 heteroatoms. The minimum Gasteiger partial charge on any atom is -0.481 e. The Kier molecular flexibility index (Phi) is 4.76. The van der Waals surface area contributed by atoms with Crippen molar-refractivity contribution in [2.75, 3.05) is 0 Å². The van der Waals surface area contributed by atoms with Gasteiger partial charge in [-0.05, 0) is 42.1 Å². The molecule has 2 aromatic heterocycles. The Morgan fingerprint density at radius 3 is 2.65 bits per heavy atom. The van der Waals surface area contributed by atoms with Gasteiger partial charge in [0.25, 0.3) is 0 Å². The highest BCUT2D eigenvalue weighted by Crippen LogP contribution is 2.35. The van der Waals surface area contributed by atoms with Gasteiger partial charge in [-0.3, -0.25) is 4.79 Å². The van der Waals surface area contributed by atoms with Gasteiger partial charge in [0, 0.05) is 5.69 Å². The number of rotatable bonds is 5. The van der Waals surface area contributed by atoms with Gasteiger partial charge in [0.2, 0.25) is 0 Å². The molecular formula is C17H13Cl2NO2S. The zero-order valence-corrected chi connectivity index (χ0v) is 14.3. The Balaban J connectivity index is 2.16. The zero-order valence-electron chi connectivity index (χ0n) is 12.0. The van der Waals surface area contributed by atoms with Crippen molar-refractivity contribution >= 4 is 40.5 Å². The highest BCUT2D eigenvalue weighted by molar-refractivity contribution is 7.13. The molecule has 1 aromatic carbocycles. The van der Waals surface area contributed by atoms with Gasteiger partial charge in [-0.1, -0.05) is 35.3 Å². The number of hydrogen-bond acceptors (Lipinski definition) is 2. The molecule has 0 saturated carbocycles. The summed E-state index contributed by atoms with van der Waals surface area (Å²) in [7, 11) is 0. The molecule has 1 N–H and O–H groups in total. The number of aryl methyl sites for hydroxylation is 1. The third-order valence-corrected chi connectivity index (χ3v) is 5.20. The molecule has 0 spiro atoms. The van der Waals surface area contributed by atoms with Gasteiger partial charge in [-0.2, -0.15) is 0 Å². The average molecular weight is 366 g/mol. The lowest BCUT2D eigenvalue weighted by atomic mass is 10.2. The van der Waals surface area contributed by atoms with Crippen LogP contribution in [0.2, 0.25) is 10.0 Å². The molecule has 3 aromatic rings. The van der Waals surface area contributed by atoms with Crippen molar-refractivity contribution in [1.29, 1.82) is 0 Å². The normalized spacial score (nSPS) is 10.9. The van der Waals surface area contributed by atoms with E-state index in [-0.39, 0.29) is 6.42 Å². The molecule has 0 aliphatic rings. The highest BCUT2D eigenvalue weighted by atomic mass is 35.5. The largest absolute Gasteiger partial charge is 0.481 e. The number of carboxylic acids is 1. The van der Waals surface area contributed by atoms with E-state index in [1.165, 1.54) is 0 Å². The number of benzene rings is 1. The summed E-state index contributed by atoms with van der Waals surface area (Å²) >= 11 is 14.2. The Hall–Kier alpha value is -1.75. The van der Waals surface area contributed by atoms with Crippen molar-refractivity contribution in [3.05, 3.63) is 63.6 Å². The molecule has 3 nitrogen and oxygen atoms in total. The Labute approximate surface area is 147 Å². The smallest absolute Gasteiger partial charge is 0.303 e. The van der Waals surface area contributed by atoms with E-state index in [9.17, 15) is 4.79 Å². The number of hydrogen-bond donors (Lipinski definition) is 1. The zero-order chi connectivity index (χ0) is 16.4. The van der Waals surface area contributed by atoms with Crippen LogP contribution in [0.15, 0.2) is 47.8 Å². The molecule has 0 saturated heterocycles. The van der Waals surface area contributed by atoms with Crippen LogP contribution in [0.3, 0.4) is 0 Å². The van der Waals surface area contributed by atoms with Gasteiger partial charge in [-0.25, -0.2) is 0 Å². The summed E-state index contributed by atoms with van der Waals surface area (Å²) in [6.07, 6.45) is 0.482. The second kappa shape index (κ2) is 6.79. The maximum absolute atomic E-state index is 10.9. The van der Waals surface area contributed by atoms with Crippen molar-refractivity contribution in [2.45, 2.75) is 12.8 Å². The van der Waals surface area contributed by atoms with Crippen LogP contribution >= 0.6 is 34.5 Å². The predicted molar refractivity (Wildman–Crippen MR) is 95.1 cm³/mol. The van der Waals surface area contributed by atoms with Crippen molar-refractivity contribution < 1.29 is 9.90 Å². The second-order valence-corrected chi connectivity index (χ2v) is 6.72. The van der Waals surface area contributed by atoms with Crippen molar-refractivity contribution in [3.8, 4) is 16.3 Å². The molecule has 3 rings (SSSR count). The molecule has 0 fully saturated rings. The summed E-state index contributed by atoms with van der Waals surface area (Å²) in [5.41, 5.74) is 2.62. The van der Waals surface area contributed by atoms with Crippen LogP contribution in [0.4, 0.5) is 0 Å². The van der Waals surface area contributed by atoms with Crippen LogP contribution in [0.5, 0.6) is 0 Å². The van der Waals surface area contributed by atoms with E-state index in [0.717, 1.165) is 22.0 Å². The van der Waals surface area contributed by atoms with Gasteiger partial charge >= 0.3 is 5.97 Å². The Morgan fingerprint density at radius 1 is 1.13 bits per heavy atom. The maximum atomic E-state index is 10.9. The third-order valence-electron chi connectivity index (χ3n) is 3.50. The first-order valence-corrected chi connectivity index (χ1v) is 8.62. The topological polar surface area (TPSA) is 42.2 Å². The van der Waals surface area contributed by atoms with Crippen molar-refractivity contribution in [3.63, 3.8) is 0 Å². The summed E-state index contributed by atoms with van der Waals surface area (Å²) in [5, 5.41) is 11.9. The third kappa shape index (κ3) is 3.29. The van der Waals surface area contributed by atoms with E-state index in [2.05, 4.69) is 0 Å². The van der Waals surface area contributed by atoms with Crippen LogP contribution in [0, 0.1) is 0 Å². The minimum atomic E-state index is -0.826. The molecule has 0 aliphatic heterocycles. The second-order valence-electron chi connectivity index (χ2n) is 4.99. The average Bonchev–Trinajstić information content (AvgIpc) is 3.16. The van der Waals surface area contributed by atoms with Crippen LogP contribution in [-0.4, -0.2) is 15.6 Å². The van der Waals surface area contributed by atoms with Gasteiger partial charge < -0.3 is 9.67 Å². The van der Waals surface area contributed by atoms with E-state index in [4.69, 9.17) is 28.3 Å². The monoisotopic (exact) mass is 365 g/mol. The van der Waals surface area contributed by atoms with E-state index < -0.39 is 5.97 Å². The van der Waals surface area contributed by atoms with Crippen LogP contribution in [-0.2, 0) is 11.2 Å². The van der Waals surface area contributed by atoms with Gasteiger partial charge in [-0.15, -0.1) is 11.3 Å². The number of carboxylic acid groups (broad SMARTS) is 1. The molecule has 23 heavy (non-hydrogen) atoms. The summed E-state index contributed by atoms with van der Waals surface area (Å²) in [6, 6.07) is 13.4.